The predicted molar refractivity (Wildman–Crippen MR) is 154 cm³/mol. The molecule has 0 atom stereocenters. The molecule has 39 heavy (non-hydrogen) atoms. The third-order valence-corrected chi connectivity index (χ3v) is 8.65. The summed E-state index contributed by atoms with van der Waals surface area (Å²) in [6.45, 7) is 5.63. The van der Waals surface area contributed by atoms with Crippen molar-refractivity contribution < 1.29 is 21.6 Å². The van der Waals surface area contributed by atoms with Gasteiger partial charge in [0.15, 0.2) is 0 Å². The highest BCUT2D eigenvalue weighted by Gasteiger charge is 2.17. The van der Waals surface area contributed by atoms with E-state index in [1.54, 1.807) is 72.8 Å². The second-order valence-electron chi connectivity index (χ2n) is 9.05. The Morgan fingerprint density at radius 2 is 0.974 bits per heavy atom. The van der Waals surface area contributed by atoms with Crippen LogP contribution in [-0.4, -0.2) is 23.9 Å². The van der Waals surface area contributed by atoms with Crippen molar-refractivity contribution in [1.29, 1.82) is 0 Å². The number of rotatable bonds is 7. The molecule has 0 radical (unpaired) electrons. The molecule has 9 heteroatoms. The lowest BCUT2D eigenvalue weighted by molar-refractivity contribution is 0.415. The molecule has 0 bridgehead atoms. The lowest BCUT2D eigenvalue weighted by atomic mass is 10.1. The van der Waals surface area contributed by atoms with Gasteiger partial charge in [-0.25, -0.2) is 16.8 Å². The Bertz CT molecular complexity index is 1790. The van der Waals surface area contributed by atoms with Gasteiger partial charge in [0.25, 0.3) is 20.0 Å². The summed E-state index contributed by atoms with van der Waals surface area (Å²) < 4.78 is 62.7. The van der Waals surface area contributed by atoms with Gasteiger partial charge in [0.05, 0.1) is 33.8 Å². The number of nitrogens with one attached hydrogen (secondary N) is 2. The fourth-order valence-electron chi connectivity index (χ4n) is 3.67. The van der Waals surface area contributed by atoms with Crippen LogP contribution in [0.2, 0.25) is 0 Å². The summed E-state index contributed by atoms with van der Waals surface area (Å²) in [7, 11) is -6.23. The van der Waals surface area contributed by atoms with Gasteiger partial charge in [-0.15, -0.1) is 0 Å². The Morgan fingerprint density at radius 3 is 1.44 bits per heavy atom. The lowest BCUT2D eigenvalue weighted by Crippen LogP contribution is -2.14. The summed E-state index contributed by atoms with van der Waals surface area (Å²) in [6, 6.07) is 23.1. The molecule has 4 aromatic carbocycles. The van der Waals surface area contributed by atoms with Crippen LogP contribution in [0.4, 0.5) is 11.4 Å². The van der Waals surface area contributed by atoms with Crippen LogP contribution < -0.4 is 14.2 Å². The van der Waals surface area contributed by atoms with E-state index in [1.807, 2.05) is 20.8 Å². The first-order valence-electron chi connectivity index (χ1n) is 12.0. The summed E-state index contributed by atoms with van der Waals surface area (Å²) in [4.78, 5) is 0.252. The molecule has 0 saturated carbocycles. The van der Waals surface area contributed by atoms with Gasteiger partial charge >= 0.3 is 0 Å². The molecule has 0 aliphatic heterocycles. The number of aryl methyl sites for hydroxylation is 3. The maximum atomic E-state index is 13.0. The van der Waals surface area contributed by atoms with Crippen LogP contribution in [0.15, 0.2) is 94.7 Å². The van der Waals surface area contributed by atoms with Crippen molar-refractivity contribution in [2.75, 3.05) is 16.6 Å². The van der Waals surface area contributed by atoms with E-state index in [2.05, 4.69) is 21.3 Å². The average Bonchev–Trinajstić information content (AvgIpc) is 2.89. The average molecular weight is 561 g/mol. The normalized spacial score (nSPS) is 11.3. The number of hydrogen-bond acceptors (Lipinski definition) is 5. The molecular formula is C30H28N2O5S2. The van der Waals surface area contributed by atoms with Crippen LogP contribution in [0.25, 0.3) is 0 Å². The highest BCUT2D eigenvalue weighted by molar-refractivity contribution is 7.93. The topological polar surface area (TPSA) is 102 Å². The van der Waals surface area contributed by atoms with Gasteiger partial charge in [-0.05, 0) is 80.9 Å². The molecule has 0 aliphatic rings. The zero-order chi connectivity index (χ0) is 28.2. The Kier molecular flexibility index (Phi) is 8.00. The van der Waals surface area contributed by atoms with Crippen LogP contribution in [0, 0.1) is 32.6 Å². The molecule has 2 N–H and O–H groups in total. The molecule has 0 aliphatic carbocycles. The molecular weight excluding hydrogens is 532 g/mol. The van der Waals surface area contributed by atoms with E-state index >= 15 is 0 Å². The molecule has 7 nitrogen and oxygen atoms in total. The Morgan fingerprint density at radius 1 is 0.564 bits per heavy atom. The van der Waals surface area contributed by atoms with Gasteiger partial charge < -0.3 is 4.74 Å². The SMILES string of the molecule is COc1ccc(NS(=O)(=O)c2ccc(C)cc2)c(C#Cc2cc(C)ccc2NS(=O)(=O)c2ccc(C)cc2)c1. The second kappa shape index (κ2) is 11.2. The van der Waals surface area contributed by atoms with Crippen LogP contribution in [0.3, 0.4) is 0 Å². The van der Waals surface area contributed by atoms with Crippen molar-refractivity contribution in [2.24, 2.45) is 0 Å². The summed E-state index contributed by atoms with van der Waals surface area (Å²) in [5.41, 5.74) is 4.12. The van der Waals surface area contributed by atoms with Crippen LogP contribution >= 0.6 is 0 Å². The molecule has 0 fully saturated rings. The molecule has 0 spiro atoms. The minimum atomic E-state index is -3.88. The standard InChI is InChI=1S/C30H28N2O5S2/c1-21-5-13-27(14-6-21)38(33,34)31-29-17-9-23(3)19-24(29)10-11-25-20-26(37-4)12-18-30(25)32-39(35,36)28-15-7-22(2)8-16-28/h5-9,12-20,31-32H,1-4H3. The molecule has 4 aromatic rings. The molecule has 0 aromatic heterocycles. The van der Waals surface area contributed by atoms with Crippen LogP contribution in [0.5, 0.6) is 5.75 Å². The molecule has 4 rings (SSSR count). The van der Waals surface area contributed by atoms with Crippen molar-refractivity contribution >= 4 is 31.4 Å². The predicted octanol–water partition coefficient (Wildman–Crippen LogP) is 5.62. The first-order valence-corrected chi connectivity index (χ1v) is 14.9. The highest BCUT2D eigenvalue weighted by atomic mass is 32.2. The summed E-state index contributed by atoms with van der Waals surface area (Å²) in [5, 5.41) is 0. The largest absolute Gasteiger partial charge is 0.497 e. The number of hydrogen-bond donors (Lipinski definition) is 2. The molecule has 0 heterocycles. The van der Waals surface area contributed by atoms with Gasteiger partial charge in [0.1, 0.15) is 5.75 Å². The minimum absolute atomic E-state index is 0.120. The summed E-state index contributed by atoms with van der Waals surface area (Å²) in [5.74, 6) is 6.50. The first kappa shape index (κ1) is 27.8. The van der Waals surface area contributed by atoms with Gasteiger partial charge in [-0.1, -0.05) is 53.3 Å². The lowest BCUT2D eigenvalue weighted by Gasteiger charge is -2.12. The molecule has 0 unspecified atom stereocenters. The summed E-state index contributed by atoms with van der Waals surface area (Å²) in [6.07, 6.45) is 0. The zero-order valence-electron chi connectivity index (χ0n) is 21.9. The second-order valence-corrected chi connectivity index (χ2v) is 12.4. The van der Waals surface area contributed by atoms with E-state index < -0.39 is 20.0 Å². The van der Waals surface area contributed by atoms with E-state index in [9.17, 15) is 16.8 Å². The third-order valence-electron chi connectivity index (χ3n) is 5.88. The van der Waals surface area contributed by atoms with Crippen molar-refractivity contribution in [1.82, 2.24) is 0 Å². The monoisotopic (exact) mass is 560 g/mol. The number of anilines is 2. The van der Waals surface area contributed by atoms with Crippen molar-refractivity contribution in [3.8, 4) is 17.6 Å². The van der Waals surface area contributed by atoms with Gasteiger partial charge in [0.2, 0.25) is 0 Å². The number of ether oxygens (including phenoxy) is 1. The van der Waals surface area contributed by atoms with E-state index in [1.165, 1.54) is 19.2 Å². The van der Waals surface area contributed by atoms with Gasteiger partial charge in [-0.2, -0.15) is 0 Å². The summed E-state index contributed by atoms with van der Waals surface area (Å²) >= 11 is 0. The Labute approximate surface area is 230 Å². The smallest absolute Gasteiger partial charge is 0.261 e. The maximum Gasteiger partial charge on any atom is 0.261 e. The first-order chi connectivity index (χ1) is 18.5. The van der Waals surface area contributed by atoms with Crippen LogP contribution in [-0.2, 0) is 20.0 Å². The molecule has 200 valence electrons. The van der Waals surface area contributed by atoms with E-state index in [-0.39, 0.29) is 15.5 Å². The van der Waals surface area contributed by atoms with Crippen molar-refractivity contribution in [3.63, 3.8) is 0 Å². The van der Waals surface area contributed by atoms with Crippen molar-refractivity contribution in [3.05, 3.63) is 113 Å². The third kappa shape index (κ3) is 6.79. The Hall–Kier alpha value is -4.26. The van der Waals surface area contributed by atoms with Gasteiger partial charge in [-0.3, -0.25) is 9.44 Å². The number of methoxy groups -OCH3 is 1. The zero-order valence-corrected chi connectivity index (χ0v) is 23.6. The quantitative estimate of drug-likeness (QED) is 0.286. The number of sulfonamides is 2. The fourth-order valence-corrected chi connectivity index (χ4v) is 5.83. The van der Waals surface area contributed by atoms with E-state index in [0.717, 1.165) is 16.7 Å². The van der Waals surface area contributed by atoms with Crippen molar-refractivity contribution in [2.45, 2.75) is 30.6 Å². The Balaban J connectivity index is 1.72. The van der Waals surface area contributed by atoms with Gasteiger partial charge in [0, 0.05) is 5.56 Å². The number of benzene rings is 4. The highest BCUT2D eigenvalue weighted by Crippen LogP contribution is 2.26. The van der Waals surface area contributed by atoms with E-state index in [4.69, 9.17) is 4.74 Å². The fraction of sp³-hybridized carbons (Fsp3) is 0.133. The van der Waals surface area contributed by atoms with Crippen LogP contribution in [0.1, 0.15) is 27.8 Å². The molecule has 0 saturated heterocycles. The molecule has 0 amide bonds. The van der Waals surface area contributed by atoms with E-state index in [0.29, 0.717) is 22.6 Å². The minimum Gasteiger partial charge on any atom is -0.497 e. The maximum absolute atomic E-state index is 13.0.